The molecule has 2 saturated heterocycles. The molecule has 388 valence electrons. The number of halogens is 6. The minimum absolute atomic E-state index is 0.159. The Morgan fingerprint density at radius 3 is 1.38 bits per heavy atom. The van der Waals surface area contributed by atoms with E-state index in [1.807, 2.05) is 123 Å². The van der Waals surface area contributed by atoms with Crippen LogP contribution in [0.2, 0.25) is 30.1 Å². The topological polar surface area (TPSA) is 157 Å². The van der Waals surface area contributed by atoms with Gasteiger partial charge in [0.25, 0.3) is 11.8 Å². The number of para-hydroxylation sites is 2. The van der Waals surface area contributed by atoms with Crippen molar-refractivity contribution < 1.29 is 9.59 Å². The van der Waals surface area contributed by atoms with Gasteiger partial charge in [0.15, 0.2) is 0 Å². The number of hydrazone groups is 2. The Kier molecular flexibility index (Phi) is 15.5. The summed E-state index contributed by atoms with van der Waals surface area (Å²) in [6, 6.07) is 40.7. The largest absolute Gasteiger partial charge is 0.284 e. The first-order valence-corrected chi connectivity index (χ1v) is 27.1. The van der Waals surface area contributed by atoms with Gasteiger partial charge in [0.1, 0.15) is 34.8 Å². The number of fused-ring (bicyclic) bond motifs is 2. The molecule has 2 aromatic heterocycles. The number of piperidine rings is 2. The number of nitrogens with one attached hydrogen (secondary N) is 2. The lowest BCUT2D eigenvalue weighted by Gasteiger charge is -2.41. The molecule has 4 unspecified atom stereocenters. The summed E-state index contributed by atoms with van der Waals surface area (Å²) >= 11 is 37.7. The van der Waals surface area contributed by atoms with Gasteiger partial charge in [-0.25, -0.2) is 14.4 Å². The average molecular weight is 1140 g/mol. The van der Waals surface area contributed by atoms with E-state index in [9.17, 15) is 9.59 Å². The second-order valence-corrected chi connectivity index (χ2v) is 21.4. The van der Waals surface area contributed by atoms with Gasteiger partial charge in [-0.2, -0.15) is 15.2 Å². The molecule has 0 aliphatic carbocycles. The number of rotatable bonds is 10. The van der Waals surface area contributed by atoms with Crippen molar-refractivity contribution in [3.8, 4) is 0 Å². The van der Waals surface area contributed by atoms with Crippen LogP contribution in [0.4, 0.5) is 11.4 Å². The predicted molar refractivity (Wildman–Crippen MR) is 301 cm³/mol. The third-order valence-corrected chi connectivity index (χ3v) is 15.5. The van der Waals surface area contributed by atoms with E-state index in [0.29, 0.717) is 65.8 Å². The molecule has 4 aliphatic heterocycles. The summed E-state index contributed by atoms with van der Waals surface area (Å²) in [5.74, 6) is -0.513. The number of hydrogen-bond acceptors (Lipinski definition) is 12. The highest BCUT2D eigenvalue weighted by atomic mass is 35.5. The minimum atomic E-state index is -0.357. The number of anilines is 2. The van der Waals surface area contributed by atoms with Crippen molar-refractivity contribution >= 4 is 126 Å². The monoisotopic (exact) mass is 1130 g/mol. The molecule has 76 heavy (non-hydrogen) atoms. The number of carbonyl (C=O) groups excluding carboxylic acids is 2. The van der Waals surface area contributed by atoms with Crippen molar-refractivity contribution in [2.45, 2.75) is 75.8 Å². The van der Waals surface area contributed by atoms with E-state index in [2.05, 4.69) is 36.6 Å². The molecule has 22 heteroatoms. The van der Waals surface area contributed by atoms with Crippen molar-refractivity contribution in [1.82, 2.24) is 50.9 Å². The van der Waals surface area contributed by atoms with Gasteiger partial charge in [-0.1, -0.05) is 135 Å². The van der Waals surface area contributed by atoms with Gasteiger partial charge in [0.2, 0.25) is 0 Å². The summed E-state index contributed by atoms with van der Waals surface area (Å²) in [4.78, 5) is 27.2. The van der Waals surface area contributed by atoms with Crippen LogP contribution in [0.3, 0.4) is 0 Å². The lowest BCUT2D eigenvalue weighted by atomic mass is 10.0. The minimum Gasteiger partial charge on any atom is -0.284 e. The van der Waals surface area contributed by atoms with Gasteiger partial charge in [-0.3, -0.25) is 30.5 Å². The summed E-state index contributed by atoms with van der Waals surface area (Å²) in [5, 5.41) is 38.1. The Bertz CT molecular complexity index is 3410. The number of carbonyl (C=O) groups is 2. The number of nitrogens with zero attached hydrogens (tertiary/aromatic N) is 12. The van der Waals surface area contributed by atoms with E-state index in [0.717, 1.165) is 78.4 Å². The fraction of sp³-hybridized carbons (Fsp3) is 0.259. The summed E-state index contributed by atoms with van der Waals surface area (Å²) in [7, 11) is 0. The third-order valence-electron chi connectivity index (χ3n) is 13.9. The maximum atomic E-state index is 14.3. The Hall–Kier alpha value is -6.34. The van der Waals surface area contributed by atoms with E-state index in [1.54, 1.807) is 40.3 Å². The Balaban J connectivity index is 0.000000182. The molecule has 8 aromatic rings. The maximum Gasteiger partial charge on any atom is 0.282 e. The second kappa shape index (κ2) is 22.7. The summed E-state index contributed by atoms with van der Waals surface area (Å²) in [6.07, 6.45) is 5.79. The molecule has 2 N–H and O–H groups in total. The van der Waals surface area contributed by atoms with Gasteiger partial charge >= 0.3 is 0 Å². The Morgan fingerprint density at radius 2 is 0.921 bits per heavy atom. The van der Waals surface area contributed by atoms with E-state index in [-0.39, 0.29) is 36.2 Å². The van der Waals surface area contributed by atoms with Crippen molar-refractivity contribution in [3.63, 3.8) is 0 Å². The zero-order chi connectivity index (χ0) is 52.5. The highest BCUT2D eigenvalue weighted by Gasteiger charge is 2.40. The first-order chi connectivity index (χ1) is 36.9. The molecule has 2 fully saturated rings. The third kappa shape index (κ3) is 11.0. The molecule has 0 bridgehead atoms. The van der Waals surface area contributed by atoms with E-state index in [4.69, 9.17) is 74.7 Å². The highest BCUT2D eigenvalue weighted by molar-refractivity contribution is 6.41. The van der Waals surface area contributed by atoms with Crippen molar-refractivity contribution in [1.29, 1.82) is 0 Å². The van der Waals surface area contributed by atoms with E-state index in [1.165, 1.54) is 6.42 Å². The molecule has 0 spiro atoms. The quantitative estimate of drug-likeness (QED) is 0.135. The molecule has 0 radical (unpaired) electrons. The molecular formula is C54H48Cl6N14O2. The fourth-order valence-electron chi connectivity index (χ4n) is 10.2. The number of aromatic nitrogens is 6. The molecule has 4 atom stereocenters. The van der Waals surface area contributed by atoms with Crippen LogP contribution in [-0.4, -0.2) is 76.3 Å². The second-order valence-electron chi connectivity index (χ2n) is 18.8. The average Bonchev–Trinajstić information content (AvgIpc) is 4.26. The highest BCUT2D eigenvalue weighted by Crippen LogP contribution is 2.43. The lowest BCUT2D eigenvalue weighted by Crippen LogP contribution is -2.53. The first kappa shape index (κ1) is 51.8. The fourth-order valence-corrected chi connectivity index (χ4v) is 11.4. The predicted octanol–water partition coefficient (Wildman–Crippen LogP) is 12.8. The molecule has 2 amide bonds. The SMILES string of the molecule is O=C(NN1C(n2nnc3ccccc32)CCCC1n1nnc2ccccc21)C1=NN(c2ccc(Cl)cc2Cl)C(c2ccc(Cl)cc2)C1.O=C(NN1CCCCC1)C1=NN(c2ccc(Cl)cc2Cl)C(c2ccc(Cl)cc2)C1. The van der Waals surface area contributed by atoms with Gasteiger partial charge in [0.05, 0.1) is 44.5 Å². The Morgan fingerprint density at radius 1 is 0.487 bits per heavy atom. The molecule has 4 aliphatic rings. The number of hydrazine groups is 2. The van der Waals surface area contributed by atoms with Crippen LogP contribution in [0.15, 0.2) is 144 Å². The first-order valence-electron chi connectivity index (χ1n) is 24.9. The van der Waals surface area contributed by atoms with Gasteiger partial charge in [-0.05, 0) is 128 Å². The van der Waals surface area contributed by atoms with Crippen LogP contribution >= 0.6 is 69.6 Å². The van der Waals surface area contributed by atoms with Crippen LogP contribution in [-0.2, 0) is 9.59 Å². The Labute approximate surface area is 467 Å². The van der Waals surface area contributed by atoms with Crippen LogP contribution in [0, 0.1) is 0 Å². The maximum absolute atomic E-state index is 14.3. The molecule has 12 rings (SSSR count). The number of hydrogen-bond donors (Lipinski definition) is 2. The molecule has 16 nitrogen and oxygen atoms in total. The van der Waals surface area contributed by atoms with E-state index >= 15 is 0 Å². The standard InChI is InChI=1S/C33H27Cl3N10O.C21H21Cl3N4O/c34-21-14-12-20(13-15-21)30-19-26(39-43(30)27-17-16-22(35)18-23(27)36)33(47)40-46-31(44-28-8-3-1-6-24(28)37-41-44)10-5-11-32(46)45-29-9-4-2-7-25(29)38-42-45;22-15-6-4-14(5-7-15)20-13-18(21(29)26-27-10-2-1-3-11-27)25-28(20)19-9-8-16(23)12-17(19)24/h1-4,6-9,12-18,30-32H,5,10-11,19H2,(H,40,47);4-9,12,20H,1-3,10-11,13H2,(H,26,29). The van der Waals surface area contributed by atoms with Crippen LogP contribution in [0.5, 0.6) is 0 Å². The molecule has 0 saturated carbocycles. The molecular weight excluding hydrogens is 1090 g/mol. The van der Waals surface area contributed by atoms with Gasteiger partial charge in [0, 0.05) is 46.0 Å². The zero-order valence-electron chi connectivity index (χ0n) is 40.5. The summed E-state index contributed by atoms with van der Waals surface area (Å²) in [5.41, 5.74) is 13.6. The van der Waals surface area contributed by atoms with Crippen LogP contribution in [0.1, 0.15) is 86.9 Å². The number of benzene rings is 6. The van der Waals surface area contributed by atoms with Crippen molar-refractivity contribution in [3.05, 3.63) is 175 Å². The van der Waals surface area contributed by atoms with Crippen molar-refractivity contribution in [2.75, 3.05) is 23.1 Å². The smallest absolute Gasteiger partial charge is 0.282 e. The van der Waals surface area contributed by atoms with Crippen LogP contribution < -0.4 is 20.9 Å². The van der Waals surface area contributed by atoms with Crippen LogP contribution in [0.25, 0.3) is 22.1 Å². The van der Waals surface area contributed by atoms with E-state index < -0.39 is 0 Å². The van der Waals surface area contributed by atoms with Gasteiger partial charge in [-0.15, -0.1) is 10.2 Å². The van der Waals surface area contributed by atoms with Gasteiger partial charge < -0.3 is 0 Å². The molecule has 6 heterocycles. The molecule has 6 aromatic carbocycles. The zero-order valence-corrected chi connectivity index (χ0v) is 45.1. The normalized spacial score (nSPS) is 20.1. The number of amides is 2. The van der Waals surface area contributed by atoms with Crippen molar-refractivity contribution in [2.24, 2.45) is 10.2 Å². The summed E-state index contributed by atoms with van der Waals surface area (Å²) < 4.78 is 3.74. The summed E-state index contributed by atoms with van der Waals surface area (Å²) in [6.45, 7) is 1.73. The lowest BCUT2D eigenvalue weighted by molar-refractivity contribution is -0.129.